The van der Waals surface area contributed by atoms with E-state index in [1.807, 2.05) is 0 Å². The number of hydrogen-bond donors (Lipinski definition) is 1. The third-order valence-corrected chi connectivity index (χ3v) is 3.11. The van der Waals surface area contributed by atoms with E-state index >= 15 is 0 Å². The number of rotatable bonds is 2. The van der Waals surface area contributed by atoms with Crippen LogP contribution in [0, 0.1) is 32.4 Å². The van der Waals surface area contributed by atoms with E-state index < -0.39 is 17.7 Å². The minimum absolute atomic E-state index is 0.129. The lowest BCUT2D eigenvalue weighted by Crippen LogP contribution is -2.18. The molecule has 1 atom stereocenters. The predicted molar refractivity (Wildman–Crippen MR) is 68.6 cm³/mol. The van der Waals surface area contributed by atoms with Crippen LogP contribution in [-0.4, -0.2) is 10.2 Å². The van der Waals surface area contributed by atoms with Gasteiger partial charge < -0.3 is 5.73 Å². The zero-order chi connectivity index (χ0) is 14.2. The van der Waals surface area contributed by atoms with Crippen LogP contribution in [0.2, 0.25) is 0 Å². The van der Waals surface area contributed by atoms with Crippen molar-refractivity contribution in [2.75, 3.05) is 0 Å². The highest BCUT2D eigenvalue weighted by Crippen LogP contribution is 2.27. The van der Waals surface area contributed by atoms with Gasteiger partial charge in [-0.25, -0.2) is 8.78 Å². The average Bonchev–Trinajstić information content (AvgIpc) is 2.37. The van der Waals surface area contributed by atoms with Crippen molar-refractivity contribution >= 4 is 0 Å². The molecule has 0 spiro atoms. The minimum atomic E-state index is -0.894. The number of aryl methyl sites for hydroxylation is 3. The average molecular weight is 263 g/mol. The van der Waals surface area contributed by atoms with Gasteiger partial charge in [-0.05, 0) is 44.0 Å². The van der Waals surface area contributed by atoms with Gasteiger partial charge in [-0.2, -0.15) is 10.2 Å². The Morgan fingerprint density at radius 2 is 1.79 bits per heavy atom. The first-order chi connectivity index (χ1) is 8.91. The molecule has 1 heterocycles. The highest BCUT2D eigenvalue weighted by atomic mass is 19.1. The highest BCUT2D eigenvalue weighted by molar-refractivity contribution is 5.37. The molecule has 1 unspecified atom stereocenters. The summed E-state index contributed by atoms with van der Waals surface area (Å²) in [6.07, 6.45) is 0. The van der Waals surface area contributed by atoms with E-state index in [-0.39, 0.29) is 5.56 Å². The zero-order valence-corrected chi connectivity index (χ0v) is 11.0. The minimum Gasteiger partial charge on any atom is -0.320 e. The molecule has 0 bridgehead atoms. The van der Waals surface area contributed by atoms with Crippen molar-refractivity contribution in [2.45, 2.75) is 26.8 Å². The van der Waals surface area contributed by atoms with Crippen molar-refractivity contribution < 1.29 is 8.78 Å². The van der Waals surface area contributed by atoms with Gasteiger partial charge in [0.05, 0.1) is 17.4 Å². The van der Waals surface area contributed by atoms with E-state index in [9.17, 15) is 8.78 Å². The Kier molecular flexibility index (Phi) is 3.57. The largest absolute Gasteiger partial charge is 0.320 e. The van der Waals surface area contributed by atoms with Crippen molar-refractivity contribution in [2.24, 2.45) is 5.73 Å². The Morgan fingerprint density at radius 1 is 1.11 bits per heavy atom. The van der Waals surface area contributed by atoms with Crippen LogP contribution < -0.4 is 5.73 Å². The fourth-order valence-electron chi connectivity index (χ4n) is 2.00. The third-order valence-electron chi connectivity index (χ3n) is 3.11. The molecular formula is C14H15F2N3. The maximum atomic E-state index is 14.1. The SMILES string of the molecule is Cc1cc(C(N)c2c(F)ccc(C)c2F)c(C)nn1. The summed E-state index contributed by atoms with van der Waals surface area (Å²) >= 11 is 0. The normalized spacial score (nSPS) is 12.5. The van der Waals surface area contributed by atoms with Crippen LogP contribution in [0.1, 0.15) is 34.1 Å². The number of nitrogens with two attached hydrogens (primary N) is 1. The van der Waals surface area contributed by atoms with E-state index in [0.29, 0.717) is 22.5 Å². The van der Waals surface area contributed by atoms with Gasteiger partial charge in [0, 0.05) is 5.56 Å². The predicted octanol–water partition coefficient (Wildman–Crippen LogP) is 2.73. The summed E-state index contributed by atoms with van der Waals surface area (Å²) in [7, 11) is 0. The summed E-state index contributed by atoms with van der Waals surface area (Å²) in [5, 5.41) is 7.82. The molecule has 0 saturated carbocycles. The van der Waals surface area contributed by atoms with Gasteiger partial charge in [0.2, 0.25) is 0 Å². The lowest BCUT2D eigenvalue weighted by Gasteiger charge is -2.17. The van der Waals surface area contributed by atoms with Gasteiger partial charge in [-0.1, -0.05) is 6.07 Å². The van der Waals surface area contributed by atoms with Crippen molar-refractivity contribution in [3.05, 3.63) is 57.9 Å². The summed E-state index contributed by atoms with van der Waals surface area (Å²) in [6.45, 7) is 5.05. The first kappa shape index (κ1) is 13.5. The molecule has 0 saturated heterocycles. The Hall–Kier alpha value is -1.88. The van der Waals surface area contributed by atoms with Crippen LogP contribution in [0.25, 0.3) is 0 Å². The zero-order valence-electron chi connectivity index (χ0n) is 11.0. The Morgan fingerprint density at radius 3 is 2.47 bits per heavy atom. The first-order valence-corrected chi connectivity index (χ1v) is 5.92. The van der Waals surface area contributed by atoms with Gasteiger partial charge in [-0.15, -0.1) is 0 Å². The van der Waals surface area contributed by atoms with Gasteiger partial charge in [0.15, 0.2) is 0 Å². The number of aromatic nitrogens is 2. The molecule has 0 aliphatic rings. The molecule has 2 N–H and O–H groups in total. The van der Waals surface area contributed by atoms with Crippen LogP contribution in [0.3, 0.4) is 0 Å². The molecule has 2 aromatic rings. The topological polar surface area (TPSA) is 51.8 Å². The van der Waals surface area contributed by atoms with Crippen molar-refractivity contribution in [3.8, 4) is 0 Å². The van der Waals surface area contributed by atoms with Gasteiger partial charge in [-0.3, -0.25) is 0 Å². The standard InChI is InChI=1S/C14H15F2N3/c1-7-4-5-11(15)12(13(7)16)14(17)10-6-8(2)18-19-9(10)3/h4-6,14H,17H2,1-3H3. The Balaban J connectivity index is 2.59. The lowest BCUT2D eigenvalue weighted by atomic mass is 9.96. The molecule has 19 heavy (non-hydrogen) atoms. The Bertz CT molecular complexity index is 626. The molecule has 1 aromatic heterocycles. The molecule has 0 radical (unpaired) electrons. The summed E-state index contributed by atoms with van der Waals surface area (Å²) < 4.78 is 27.9. The number of benzene rings is 1. The van der Waals surface area contributed by atoms with Gasteiger partial charge in [0.25, 0.3) is 0 Å². The molecule has 5 heteroatoms. The number of nitrogens with zero attached hydrogens (tertiary/aromatic N) is 2. The van der Waals surface area contributed by atoms with E-state index in [0.717, 1.165) is 0 Å². The van der Waals surface area contributed by atoms with Crippen LogP contribution in [-0.2, 0) is 0 Å². The van der Waals surface area contributed by atoms with E-state index in [1.54, 1.807) is 26.8 Å². The van der Waals surface area contributed by atoms with Crippen LogP contribution in [0.5, 0.6) is 0 Å². The quantitative estimate of drug-likeness (QED) is 0.906. The molecule has 0 fully saturated rings. The number of hydrogen-bond acceptors (Lipinski definition) is 3. The molecule has 3 nitrogen and oxygen atoms in total. The van der Waals surface area contributed by atoms with Crippen LogP contribution in [0.4, 0.5) is 8.78 Å². The maximum Gasteiger partial charge on any atom is 0.134 e. The lowest BCUT2D eigenvalue weighted by molar-refractivity contribution is 0.537. The fourth-order valence-corrected chi connectivity index (χ4v) is 2.00. The van der Waals surface area contributed by atoms with Crippen molar-refractivity contribution in [1.29, 1.82) is 0 Å². The molecule has 100 valence electrons. The number of halogens is 2. The molecule has 0 amide bonds. The molecule has 1 aromatic carbocycles. The second kappa shape index (κ2) is 5.01. The van der Waals surface area contributed by atoms with Crippen LogP contribution in [0.15, 0.2) is 18.2 Å². The maximum absolute atomic E-state index is 14.1. The van der Waals surface area contributed by atoms with Gasteiger partial charge in [0.1, 0.15) is 11.6 Å². The molecule has 0 aliphatic carbocycles. The van der Waals surface area contributed by atoms with E-state index in [4.69, 9.17) is 5.73 Å². The first-order valence-electron chi connectivity index (χ1n) is 5.92. The summed E-state index contributed by atoms with van der Waals surface area (Å²) in [4.78, 5) is 0. The smallest absolute Gasteiger partial charge is 0.134 e. The van der Waals surface area contributed by atoms with E-state index in [1.165, 1.54) is 12.1 Å². The highest BCUT2D eigenvalue weighted by Gasteiger charge is 2.22. The van der Waals surface area contributed by atoms with Crippen LogP contribution >= 0.6 is 0 Å². The second-order valence-electron chi connectivity index (χ2n) is 4.60. The molecular weight excluding hydrogens is 248 g/mol. The monoisotopic (exact) mass is 263 g/mol. The Labute approximate surface area is 110 Å². The third kappa shape index (κ3) is 2.46. The second-order valence-corrected chi connectivity index (χ2v) is 4.60. The molecule has 0 aliphatic heterocycles. The van der Waals surface area contributed by atoms with Crippen molar-refractivity contribution in [1.82, 2.24) is 10.2 Å². The van der Waals surface area contributed by atoms with E-state index in [2.05, 4.69) is 10.2 Å². The van der Waals surface area contributed by atoms with Crippen molar-refractivity contribution in [3.63, 3.8) is 0 Å². The summed E-state index contributed by atoms with van der Waals surface area (Å²) in [5.41, 5.74) is 8.05. The summed E-state index contributed by atoms with van der Waals surface area (Å²) in [6, 6.07) is 3.43. The van der Waals surface area contributed by atoms with Gasteiger partial charge >= 0.3 is 0 Å². The molecule has 2 rings (SSSR count). The summed E-state index contributed by atoms with van der Waals surface area (Å²) in [5.74, 6) is -1.26. The fraction of sp³-hybridized carbons (Fsp3) is 0.286.